The molecule has 0 bridgehead atoms. The lowest BCUT2D eigenvalue weighted by atomic mass is 10.2. The highest BCUT2D eigenvalue weighted by atomic mass is 16.4. The number of fused-ring (bicyclic) bond motifs is 1. The van der Waals surface area contributed by atoms with E-state index in [-0.39, 0.29) is 6.54 Å². The Bertz CT molecular complexity index is 796. The minimum atomic E-state index is -0.871. The Morgan fingerprint density at radius 3 is 2.73 bits per heavy atom. The van der Waals surface area contributed by atoms with E-state index in [0.29, 0.717) is 0 Å². The smallest absolute Gasteiger partial charge is 0.323 e. The zero-order valence-corrected chi connectivity index (χ0v) is 12.3. The van der Waals surface area contributed by atoms with Gasteiger partial charge in [-0.2, -0.15) is 0 Å². The zero-order chi connectivity index (χ0) is 15.5. The van der Waals surface area contributed by atoms with E-state index in [4.69, 9.17) is 5.11 Å². The second kappa shape index (κ2) is 5.89. The molecule has 0 aliphatic rings. The second-order valence-corrected chi connectivity index (χ2v) is 5.28. The molecular weight excluding hydrogens is 278 g/mol. The second-order valence-electron chi connectivity index (χ2n) is 5.28. The average molecular weight is 295 g/mol. The highest BCUT2D eigenvalue weighted by Gasteiger charge is 2.08. The fourth-order valence-electron chi connectivity index (χ4n) is 2.51. The number of carboxylic acids is 1. The van der Waals surface area contributed by atoms with Crippen LogP contribution >= 0.6 is 0 Å². The van der Waals surface area contributed by atoms with Crippen LogP contribution in [0.1, 0.15) is 5.56 Å². The minimum absolute atomic E-state index is 0.0737. The lowest BCUT2D eigenvalue weighted by molar-refractivity contribution is -0.137. The summed E-state index contributed by atoms with van der Waals surface area (Å²) in [6.45, 7) is 0.734. The minimum Gasteiger partial charge on any atom is -0.480 e. The molecule has 1 N–H and O–H groups in total. The van der Waals surface area contributed by atoms with E-state index < -0.39 is 5.97 Å². The van der Waals surface area contributed by atoms with Gasteiger partial charge < -0.3 is 14.6 Å². The molecule has 2 aromatic carbocycles. The molecule has 0 aliphatic carbocycles. The van der Waals surface area contributed by atoms with Crippen molar-refractivity contribution in [1.29, 1.82) is 0 Å². The molecule has 5 heteroatoms. The molecule has 0 amide bonds. The molecule has 3 aromatic rings. The van der Waals surface area contributed by atoms with Crippen LogP contribution in [0.3, 0.4) is 0 Å². The lowest BCUT2D eigenvalue weighted by Gasteiger charge is -2.19. The van der Waals surface area contributed by atoms with E-state index in [2.05, 4.69) is 22.0 Å². The summed E-state index contributed by atoms with van der Waals surface area (Å²) in [7, 11) is 2.03. The Labute approximate surface area is 128 Å². The van der Waals surface area contributed by atoms with Crippen LogP contribution in [0, 0.1) is 0 Å². The van der Waals surface area contributed by atoms with Crippen molar-refractivity contribution in [2.45, 2.75) is 13.1 Å². The first-order valence-corrected chi connectivity index (χ1v) is 7.05. The number of aromatic nitrogens is 2. The van der Waals surface area contributed by atoms with Gasteiger partial charge in [0.1, 0.15) is 6.54 Å². The van der Waals surface area contributed by atoms with E-state index >= 15 is 0 Å². The van der Waals surface area contributed by atoms with Gasteiger partial charge in [0.05, 0.1) is 17.4 Å². The molecule has 0 unspecified atom stereocenters. The van der Waals surface area contributed by atoms with Crippen LogP contribution in [-0.2, 0) is 17.9 Å². The molecule has 0 fully saturated rings. The SMILES string of the molecule is CN(Cc1ccccc1)c1ccc2c(c1)ncn2CC(=O)O. The number of carboxylic acid groups (broad SMARTS) is 1. The molecule has 0 aliphatic heterocycles. The van der Waals surface area contributed by atoms with Crippen molar-refractivity contribution in [3.8, 4) is 0 Å². The third-order valence-electron chi connectivity index (χ3n) is 3.61. The van der Waals surface area contributed by atoms with E-state index in [1.165, 1.54) is 5.56 Å². The number of hydrogen-bond donors (Lipinski definition) is 1. The number of hydrogen-bond acceptors (Lipinski definition) is 3. The number of nitrogens with zero attached hydrogens (tertiary/aromatic N) is 3. The Hall–Kier alpha value is -2.82. The Balaban J connectivity index is 1.84. The summed E-state index contributed by atoms with van der Waals surface area (Å²) in [5.41, 5.74) is 3.93. The maximum Gasteiger partial charge on any atom is 0.323 e. The maximum atomic E-state index is 10.8. The van der Waals surface area contributed by atoms with Crippen molar-refractivity contribution in [2.75, 3.05) is 11.9 Å². The van der Waals surface area contributed by atoms with E-state index in [0.717, 1.165) is 23.3 Å². The van der Waals surface area contributed by atoms with E-state index in [9.17, 15) is 4.79 Å². The van der Waals surface area contributed by atoms with Gasteiger partial charge in [0.25, 0.3) is 0 Å². The van der Waals surface area contributed by atoms with Crippen LogP contribution in [-0.4, -0.2) is 27.7 Å². The molecule has 1 aromatic heterocycles. The summed E-state index contributed by atoms with van der Waals surface area (Å²) in [5.74, 6) is -0.871. The molecule has 0 spiro atoms. The fourth-order valence-corrected chi connectivity index (χ4v) is 2.51. The van der Waals surface area contributed by atoms with Gasteiger partial charge in [-0.05, 0) is 23.8 Å². The summed E-state index contributed by atoms with van der Waals surface area (Å²) in [4.78, 5) is 17.3. The number of aliphatic carboxylic acids is 1. The number of carbonyl (C=O) groups is 1. The first kappa shape index (κ1) is 14.1. The predicted octanol–water partition coefficient (Wildman–Crippen LogP) is 2.76. The number of imidazole rings is 1. The first-order chi connectivity index (χ1) is 10.6. The highest BCUT2D eigenvalue weighted by molar-refractivity contribution is 5.81. The largest absolute Gasteiger partial charge is 0.480 e. The van der Waals surface area contributed by atoms with Gasteiger partial charge in [-0.25, -0.2) is 4.98 Å². The summed E-state index contributed by atoms with van der Waals surface area (Å²) in [6, 6.07) is 16.1. The molecule has 1 heterocycles. The van der Waals surface area contributed by atoms with Gasteiger partial charge in [0, 0.05) is 19.3 Å². The molecule has 0 saturated heterocycles. The van der Waals surface area contributed by atoms with Crippen LogP contribution < -0.4 is 4.90 Å². The van der Waals surface area contributed by atoms with Gasteiger partial charge in [-0.1, -0.05) is 30.3 Å². The van der Waals surface area contributed by atoms with Crippen molar-refractivity contribution in [2.24, 2.45) is 0 Å². The Morgan fingerprint density at radius 1 is 1.23 bits per heavy atom. The Kier molecular flexibility index (Phi) is 3.78. The van der Waals surface area contributed by atoms with Crippen molar-refractivity contribution >= 4 is 22.7 Å². The summed E-state index contributed by atoms with van der Waals surface area (Å²) >= 11 is 0. The third-order valence-corrected chi connectivity index (χ3v) is 3.61. The molecule has 0 saturated carbocycles. The van der Waals surface area contributed by atoms with Gasteiger partial charge >= 0.3 is 5.97 Å². The van der Waals surface area contributed by atoms with Gasteiger partial charge in [0.2, 0.25) is 0 Å². The Morgan fingerprint density at radius 2 is 2.00 bits per heavy atom. The van der Waals surface area contributed by atoms with Crippen molar-refractivity contribution in [1.82, 2.24) is 9.55 Å². The van der Waals surface area contributed by atoms with Crippen molar-refractivity contribution in [3.05, 3.63) is 60.4 Å². The van der Waals surface area contributed by atoms with Crippen LogP contribution in [0.5, 0.6) is 0 Å². The molecule has 3 rings (SSSR count). The van der Waals surface area contributed by atoms with Gasteiger partial charge in [0.15, 0.2) is 0 Å². The van der Waals surface area contributed by atoms with Crippen LogP contribution in [0.25, 0.3) is 11.0 Å². The lowest BCUT2D eigenvalue weighted by Crippen LogP contribution is -2.16. The van der Waals surface area contributed by atoms with Gasteiger partial charge in [-0.15, -0.1) is 0 Å². The topological polar surface area (TPSA) is 58.4 Å². The van der Waals surface area contributed by atoms with E-state index in [1.807, 2.05) is 43.4 Å². The summed E-state index contributed by atoms with van der Waals surface area (Å²) in [6.07, 6.45) is 1.57. The van der Waals surface area contributed by atoms with Crippen LogP contribution in [0.15, 0.2) is 54.9 Å². The number of benzene rings is 2. The molecule has 0 atom stereocenters. The molecule has 5 nitrogen and oxygen atoms in total. The summed E-state index contributed by atoms with van der Waals surface area (Å²) < 4.78 is 1.64. The van der Waals surface area contributed by atoms with E-state index in [1.54, 1.807) is 10.9 Å². The monoisotopic (exact) mass is 295 g/mol. The van der Waals surface area contributed by atoms with Gasteiger partial charge in [-0.3, -0.25) is 4.79 Å². The standard InChI is InChI=1S/C17H17N3O2/c1-19(10-13-5-3-2-4-6-13)14-7-8-16-15(9-14)18-12-20(16)11-17(21)22/h2-9,12H,10-11H2,1H3,(H,21,22). The number of rotatable bonds is 5. The highest BCUT2D eigenvalue weighted by Crippen LogP contribution is 2.22. The maximum absolute atomic E-state index is 10.8. The zero-order valence-electron chi connectivity index (χ0n) is 12.3. The first-order valence-electron chi connectivity index (χ1n) is 7.05. The predicted molar refractivity (Wildman–Crippen MR) is 85.9 cm³/mol. The van der Waals surface area contributed by atoms with Crippen LogP contribution in [0.4, 0.5) is 5.69 Å². The molecule has 0 radical (unpaired) electrons. The van der Waals surface area contributed by atoms with Crippen molar-refractivity contribution < 1.29 is 9.90 Å². The molecule has 112 valence electrons. The third kappa shape index (κ3) is 2.93. The van der Waals surface area contributed by atoms with Crippen LogP contribution in [0.2, 0.25) is 0 Å². The van der Waals surface area contributed by atoms with Crippen molar-refractivity contribution in [3.63, 3.8) is 0 Å². The molecule has 22 heavy (non-hydrogen) atoms. The number of anilines is 1. The average Bonchev–Trinajstić information content (AvgIpc) is 2.90. The normalized spacial score (nSPS) is 10.8. The molecular formula is C17H17N3O2. The summed E-state index contributed by atoms with van der Waals surface area (Å²) in [5, 5.41) is 8.89. The fraction of sp³-hybridized carbons (Fsp3) is 0.176. The quantitative estimate of drug-likeness (QED) is 0.786.